The Morgan fingerprint density at radius 3 is 1.60 bits per heavy atom. The monoisotopic (exact) mass is 569 g/mol. The number of ether oxygens (including phenoxy) is 4. The first kappa shape index (κ1) is 30.9. The molecule has 0 bridgehead atoms. The minimum Gasteiger partial charge on any atom is -0.490 e. The maximum Gasteiger partial charge on any atom is 0.187 e. The van der Waals surface area contributed by atoms with Crippen molar-refractivity contribution < 1.29 is 23.7 Å². The molecule has 3 aromatic rings. The smallest absolute Gasteiger partial charge is 0.187 e. The van der Waals surface area contributed by atoms with E-state index in [1.165, 1.54) is 5.56 Å². The van der Waals surface area contributed by atoms with Crippen molar-refractivity contribution in [2.24, 2.45) is 0 Å². The molecule has 0 aromatic heterocycles. The van der Waals surface area contributed by atoms with E-state index in [1.807, 2.05) is 80.6 Å². The van der Waals surface area contributed by atoms with Gasteiger partial charge in [-0.05, 0) is 79.8 Å². The molecule has 3 aromatic carbocycles. The number of piperidine rings is 1. The molecule has 0 aliphatic carbocycles. The van der Waals surface area contributed by atoms with E-state index in [-0.39, 0.29) is 5.78 Å². The molecule has 0 unspecified atom stereocenters. The van der Waals surface area contributed by atoms with Crippen LogP contribution in [0.3, 0.4) is 0 Å². The van der Waals surface area contributed by atoms with Crippen LogP contribution in [-0.2, 0) is 11.3 Å². The molecule has 1 heterocycles. The molecule has 1 fully saturated rings. The standard InChI is InChI=1S/C36H43NO5/c1-5-18-41-32-16-14-28(22-34(32)39-7-3)20-30-25-37(24-27-12-10-9-11-13-27)26-31(36(30)38)21-29-15-17-33(42-19-6-2)35(23-29)40-8-4/h9-17,20-23H,5-8,18-19,24-26H2,1-4H3/b30-20+,31-21+. The Morgan fingerprint density at radius 1 is 0.643 bits per heavy atom. The maximum absolute atomic E-state index is 13.9. The fourth-order valence-corrected chi connectivity index (χ4v) is 4.89. The summed E-state index contributed by atoms with van der Waals surface area (Å²) in [7, 11) is 0. The zero-order chi connectivity index (χ0) is 29.7. The first-order valence-electron chi connectivity index (χ1n) is 15.1. The quantitative estimate of drug-likeness (QED) is 0.186. The van der Waals surface area contributed by atoms with Crippen LogP contribution in [-0.4, -0.2) is 50.2 Å². The second kappa shape index (κ2) is 15.8. The Hall–Kier alpha value is -4.03. The second-order valence-corrected chi connectivity index (χ2v) is 10.3. The van der Waals surface area contributed by atoms with Crippen molar-refractivity contribution >= 4 is 17.9 Å². The van der Waals surface area contributed by atoms with Gasteiger partial charge >= 0.3 is 0 Å². The zero-order valence-corrected chi connectivity index (χ0v) is 25.4. The van der Waals surface area contributed by atoms with E-state index < -0.39 is 0 Å². The highest BCUT2D eigenvalue weighted by Crippen LogP contribution is 2.32. The Kier molecular flexibility index (Phi) is 11.7. The lowest BCUT2D eigenvalue weighted by atomic mass is 9.93. The van der Waals surface area contributed by atoms with Crippen LogP contribution in [0, 0.1) is 0 Å². The third-order valence-corrected chi connectivity index (χ3v) is 6.76. The molecule has 0 spiro atoms. The largest absolute Gasteiger partial charge is 0.490 e. The van der Waals surface area contributed by atoms with Gasteiger partial charge in [-0.1, -0.05) is 56.3 Å². The molecular formula is C36H43NO5. The van der Waals surface area contributed by atoms with Gasteiger partial charge in [0.15, 0.2) is 28.8 Å². The van der Waals surface area contributed by atoms with E-state index in [0.717, 1.165) is 53.2 Å². The van der Waals surface area contributed by atoms with Crippen LogP contribution in [0.5, 0.6) is 23.0 Å². The van der Waals surface area contributed by atoms with E-state index >= 15 is 0 Å². The van der Waals surface area contributed by atoms with Gasteiger partial charge in [-0.15, -0.1) is 0 Å². The molecule has 0 atom stereocenters. The number of Topliss-reactive ketones (excluding diaryl/α,β-unsaturated/α-hetero) is 1. The van der Waals surface area contributed by atoms with Crippen molar-refractivity contribution in [1.29, 1.82) is 0 Å². The number of benzene rings is 3. The van der Waals surface area contributed by atoms with Crippen LogP contribution in [0.2, 0.25) is 0 Å². The lowest BCUT2D eigenvalue weighted by Crippen LogP contribution is -2.37. The molecule has 1 aliphatic rings. The fraction of sp³-hybridized carbons (Fsp3) is 0.361. The molecule has 42 heavy (non-hydrogen) atoms. The van der Waals surface area contributed by atoms with Gasteiger partial charge in [0.2, 0.25) is 0 Å². The number of likely N-dealkylation sites (tertiary alicyclic amines) is 1. The number of rotatable bonds is 14. The van der Waals surface area contributed by atoms with Gasteiger partial charge < -0.3 is 18.9 Å². The summed E-state index contributed by atoms with van der Waals surface area (Å²) in [4.78, 5) is 16.2. The summed E-state index contributed by atoms with van der Waals surface area (Å²) in [5.74, 6) is 2.87. The van der Waals surface area contributed by atoms with E-state index in [4.69, 9.17) is 18.9 Å². The molecule has 1 aliphatic heterocycles. The topological polar surface area (TPSA) is 57.2 Å². The first-order valence-corrected chi connectivity index (χ1v) is 15.1. The van der Waals surface area contributed by atoms with E-state index in [2.05, 4.69) is 30.9 Å². The molecular weight excluding hydrogens is 526 g/mol. The normalized spacial score (nSPS) is 15.7. The lowest BCUT2D eigenvalue weighted by Gasteiger charge is -2.30. The highest BCUT2D eigenvalue weighted by Gasteiger charge is 2.26. The SMILES string of the molecule is CCCOc1ccc(/C=C2\CN(Cc3ccccc3)C/C(=C\c3ccc(OCCC)c(OCC)c3)C2=O)cc1OCC. The van der Waals surface area contributed by atoms with Crippen LogP contribution >= 0.6 is 0 Å². The maximum atomic E-state index is 13.9. The summed E-state index contributed by atoms with van der Waals surface area (Å²) in [6.45, 7) is 12.2. The van der Waals surface area contributed by atoms with Crippen molar-refractivity contribution in [2.45, 2.75) is 47.1 Å². The van der Waals surface area contributed by atoms with Gasteiger partial charge in [-0.25, -0.2) is 0 Å². The molecule has 0 N–H and O–H groups in total. The molecule has 222 valence electrons. The summed E-state index contributed by atoms with van der Waals surface area (Å²) in [5.41, 5.74) is 4.49. The molecule has 1 saturated heterocycles. The molecule has 4 rings (SSSR count). The molecule has 6 nitrogen and oxygen atoms in total. The van der Waals surface area contributed by atoms with Gasteiger partial charge in [-0.3, -0.25) is 9.69 Å². The highest BCUT2D eigenvalue weighted by atomic mass is 16.5. The third kappa shape index (κ3) is 8.49. The summed E-state index contributed by atoms with van der Waals surface area (Å²) in [6, 6.07) is 22.1. The minimum absolute atomic E-state index is 0.0489. The molecule has 6 heteroatoms. The van der Waals surface area contributed by atoms with Crippen LogP contribution in [0.4, 0.5) is 0 Å². The Labute approximate surface area is 250 Å². The van der Waals surface area contributed by atoms with Crippen molar-refractivity contribution in [3.63, 3.8) is 0 Å². The fourth-order valence-electron chi connectivity index (χ4n) is 4.89. The molecule has 0 amide bonds. The highest BCUT2D eigenvalue weighted by molar-refractivity contribution is 6.14. The predicted molar refractivity (Wildman–Crippen MR) is 169 cm³/mol. The average Bonchev–Trinajstić information content (AvgIpc) is 2.99. The summed E-state index contributed by atoms with van der Waals surface area (Å²) in [6.07, 6.45) is 5.79. The van der Waals surface area contributed by atoms with Crippen molar-refractivity contribution in [1.82, 2.24) is 4.90 Å². The predicted octanol–water partition coefficient (Wildman–Crippen LogP) is 7.61. The van der Waals surface area contributed by atoms with Gasteiger partial charge in [-0.2, -0.15) is 0 Å². The van der Waals surface area contributed by atoms with Crippen LogP contribution in [0.25, 0.3) is 12.2 Å². The van der Waals surface area contributed by atoms with Crippen LogP contribution < -0.4 is 18.9 Å². The van der Waals surface area contributed by atoms with E-state index in [1.54, 1.807) is 0 Å². The van der Waals surface area contributed by atoms with E-state index in [0.29, 0.717) is 51.0 Å². The van der Waals surface area contributed by atoms with Crippen molar-refractivity contribution in [3.8, 4) is 23.0 Å². The Balaban J connectivity index is 1.69. The van der Waals surface area contributed by atoms with Gasteiger partial charge in [0.05, 0.1) is 26.4 Å². The lowest BCUT2D eigenvalue weighted by molar-refractivity contribution is -0.113. The number of hydrogen-bond acceptors (Lipinski definition) is 6. The number of nitrogens with zero attached hydrogens (tertiary/aromatic N) is 1. The first-order chi connectivity index (χ1) is 20.5. The van der Waals surface area contributed by atoms with Gasteiger partial charge in [0.1, 0.15) is 0 Å². The third-order valence-electron chi connectivity index (χ3n) is 6.76. The number of ketones is 1. The number of carbonyl (C=O) groups is 1. The van der Waals surface area contributed by atoms with E-state index in [9.17, 15) is 4.79 Å². The minimum atomic E-state index is 0.0489. The Bertz CT molecular complexity index is 1300. The van der Waals surface area contributed by atoms with Gasteiger partial charge in [0.25, 0.3) is 0 Å². The molecule has 0 radical (unpaired) electrons. The van der Waals surface area contributed by atoms with Crippen LogP contribution in [0.15, 0.2) is 77.9 Å². The Morgan fingerprint density at radius 2 is 1.14 bits per heavy atom. The van der Waals surface area contributed by atoms with Crippen molar-refractivity contribution in [3.05, 3.63) is 94.6 Å². The summed E-state index contributed by atoms with van der Waals surface area (Å²) >= 11 is 0. The number of carbonyl (C=O) groups excluding carboxylic acids is 1. The summed E-state index contributed by atoms with van der Waals surface area (Å²) < 4.78 is 23.5. The van der Waals surface area contributed by atoms with Crippen molar-refractivity contribution in [2.75, 3.05) is 39.5 Å². The number of hydrogen-bond donors (Lipinski definition) is 0. The van der Waals surface area contributed by atoms with Gasteiger partial charge in [0, 0.05) is 30.8 Å². The molecule has 0 saturated carbocycles. The average molecular weight is 570 g/mol. The van der Waals surface area contributed by atoms with Crippen LogP contribution in [0.1, 0.15) is 57.2 Å². The summed E-state index contributed by atoms with van der Waals surface area (Å²) in [5, 5.41) is 0. The second-order valence-electron chi connectivity index (χ2n) is 10.3. The zero-order valence-electron chi connectivity index (χ0n) is 25.4.